The zero-order valence-electron chi connectivity index (χ0n) is 21.7. The molecule has 0 amide bonds. The first-order valence-corrected chi connectivity index (χ1v) is 12.8. The maximum atomic E-state index is 13.0. The van der Waals surface area contributed by atoms with Gasteiger partial charge in [-0.2, -0.15) is 13.2 Å². The number of ether oxygens (including phenoxy) is 2. The summed E-state index contributed by atoms with van der Waals surface area (Å²) in [4.78, 5) is 11.6. The van der Waals surface area contributed by atoms with Crippen LogP contribution in [0, 0.1) is 5.92 Å². The fourth-order valence-corrected chi connectivity index (χ4v) is 4.17. The molecule has 2 aromatic carbocycles. The lowest BCUT2D eigenvalue weighted by Gasteiger charge is -2.19. The number of hydrogen-bond acceptors (Lipinski definition) is 4. The van der Waals surface area contributed by atoms with Gasteiger partial charge in [0.15, 0.2) is 0 Å². The summed E-state index contributed by atoms with van der Waals surface area (Å²) in [5.74, 6) is -0.647. The minimum Gasteiger partial charge on any atom is -0.493 e. The van der Waals surface area contributed by atoms with Crippen molar-refractivity contribution in [2.75, 3.05) is 13.2 Å². The molecule has 200 valence electrons. The summed E-state index contributed by atoms with van der Waals surface area (Å²) in [6, 6.07) is 13.7. The van der Waals surface area contributed by atoms with Gasteiger partial charge in [0.1, 0.15) is 17.1 Å². The second-order valence-electron chi connectivity index (χ2n) is 9.49. The van der Waals surface area contributed by atoms with Crippen molar-refractivity contribution in [3.05, 3.63) is 65.7 Å². The van der Waals surface area contributed by atoms with Crippen LogP contribution in [0.25, 0.3) is 22.3 Å². The van der Waals surface area contributed by atoms with E-state index in [9.17, 15) is 18.0 Å². The van der Waals surface area contributed by atoms with Crippen molar-refractivity contribution in [2.45, 2.75) is 65.5 Å². The van der Waals surface area contributed by atoms with E-state index in [4.69, 9.17) is 13.9 Å². The summed E-state index contributed by atoms with van der Waals surface area (Å²) in [5, 5.41) is 0.874. The third-order valence-corrected chi connectivity index (χ3v) is 6.18. The van der Waals surface area contributed by atoms with Gasteiger partial charge >= 0.3 is 12.1 Å². The molecule has 0 aliphatic carbocycles. The fourth-order valence-electron chi connectivity index (χ4n) is 4.17. The molecule has 0 N–H and O–H groups in total. The highest BCUT2D eigenvalue weighted by Crippen LogP contribution is 2.33. The molecule has 3 aromatic rings. The number of aryl methyl sites for hydroxylation is 2. The van der Waals surface area contributed by atoms with E-state index < -0.39 is 31.1 Å². The number of alkyl halides is 3. The number of carbonyl (C=O) groups excluding carboxylic acids is 1. The molecule has 7 heteroatoms. The van der Waals surface area contributed by atoms with Gasteiger partial charge in [-0.1, -0.05) is 51.5 Å². The van der Waals surface area contributed by atoms with E-state index in [0.717, 1.165) is 29.6 Å². The molecule has 1 heterocycles. The van der Waals surface area contributed by atoms with E-state index in [2.05, 4.69) is 38.6 Å². The number of benzene rings is 2. The van der Waals surface area contributed by atoms with Gasteiger partial charge in [0.05, 0.1) is 19.6 Å². The summed E-state index contributed by atoms with van der Waals surface area (Å²) < 4.78 is 55.8. The van der Waals surface area contributed by atoms with Crippen LogP contribution in [0.1, 0.15) is 57.6 Å². The Morgan fingerprint density at radius 1 is 1.05 bits per heavy atom. The maximum Gasteiger partial charge on any atom is 0.389 e. The third-order valence-electron chi connectivity index (χ3n) is 6.18. The predicted molar refractivity (Wildman–Crippen MR) is 140 cm³/mol. The Morgan fingerprint density at radius 3 is 2.51 bits per heavy atom. The highest BCUT2D eigenvalue weighted by Gasteiger charge is 2.33. The number of halogens is 3. The van der Waals surface area contributed by atoms with Crippen LogP contribution in [-0.2, 0) is 22.4 Å². The van der Waals surface area contributed by atoms with Crippen LogP contribution in [0.15, 0.2) is 59.0 Å². The molecule has 0 aliphatic rings. The topological polar surface area (TPSA) is 48.7 Å². The maximum absolute atomic E-state index is 13.0. The molecule has 4 nitrogen and oxygen atoms in total. The van der Waals surface area contributed by atoms with E-state index in [1.54, 1.807) is 12.1 Å². The Morgan fingerprint density at radius 2 is 1.84 bits per heavy atom. The van der Waals surface area contributed by atoms with Crippen molar-refractivity contribution in [3.8, 4) is 17.1 Å². The molecule has 37 heavy (non-hydrogen) atoms. The highest BCUT2D eigenvalue weighted by atomic mass is 19.4. The Kier molecular flexibility index (Phi) is 9.84. The first kappa shape index (κ1) is 28.4. The first-order chi connectivity index (χ1) is 17.6. The van der Waals surface area contributed by atoms with Gasteiger partial charge in [-0.15, -0.1) is 0 Å². The minimum atomic E-state index is -4.41. The normalized spacial score (nSPS) is 12.5. The van der Waals surface area contributed by atoms with E-state index in [0.29, 0.717) is 11.3 Å². The van der Waals surface area contributed by atoms with Crippen molar-refractivity contribution in [1.29, 1.82) is 0 Å². The SMILES string of the molecule is C=C(C)C(=O)OCC(COc1ccc2cc(-c3ccc(CCCCC)cc3CC)oc2c1)CC(F)(F)F. The van der Waals surface area contributed by atoms with Gasteiger partial charge < -0.3 is 13.9 Å². The van der Waals surface area contributed by atoms with Gasteiger partial charge in [0.2, 0.25) is 0 Å². The molecule has 1 atom stereocenters. The van der Waals surface area contributed by atoms with Crippen LogP contribution in [0.3, 0.4) is 0 Å². The molecule has 1 unspecified atom stereocenters. The van der Waals surface area contributed by atoms with Crippen molar-refractivity contribution in [2.24, 2.45) is 5.92 Å². The minimum absolute atomic E-state index is 0.128. The zero-order valence-corrected chi connectivity index (χ0v) is 21.7. The summed E-state index contributed by atoms with van der Waals surface area (Å²) in [6.45, 7) is 8.53. The second kappa shape index (κ2) is 12.8. The molecule has 0 saturated heterocycles. The standard InChI is InChI=1S/C30H35F3O4/c1-5-7-8-9-21-10-13-26(23(6-2)14-21)28-15-24-11-12-25(16-27(24)37-28)35-18-22(17-30(31,32)33)19-36-29(34)20(3)4/h10-16,22H,3,5-9,17-19H2,1-2,4H3. The largest absolute Gasteiger partial charge is 0.493 e. The number of hydrogen-bond donors (Lipinski definition) is 0. The smallest absolute Gasteiger partial charge is 0.389 e. The quantitative estimate of drug-likeness (QED) is 0.130. The van der Waals surface area contributed by atoms with Crippen LogP contribution < -0.4 is 4.74 Å². The van der Waals surface area contributed by atoms with E-state index >= 15 is 0 Å². The molecule has 0 fully saturated rings. The number of rotatable bonds is 13. The van der Waals surface area contributed by atoms with Gasteiger partial charge in [0, 0.05) is 28.5 Å². The van der Waals surface area contributed by atoms with Crippen LogP contribution in [0.2, 0.25) is 0 Å². The lowest BCUT2D eigenvalue weighted by molar-refractivity contribution is -0.158. The molecule has 0 spiro atoms. The fraction of sp³-hybridized carbons (Fsp3) is 0.433. The highest BCUT2D eigenvalue weighted by molar-refractivity contribution is 5.87. The molecular formula is C30H35F3O4. The average Bonchev–Trinajstić information content (AvgIpc) is 3.27. The summed E-state index contributed by atoms with van der Waals surface area (Å²) >= 11 is 0. The molecule has 3 rings (SSSR count). The number of carbonyl (C=O) groups is 1. The van der Waals surface area contributed by atoms with Crippen LogP contribution in [-0.4, -0.2) is 25.4 Å². The van der Waals surface area contributed by atoms with Crippen molar-refractivity contribution < 1.29 is 31.9 Å². The summed E-state index contributed by atoms with van der Waals surface area (Å²) in [6.07, 6.45) is -0.0261. The van der Waals surface area contributed by atoms with Crippen LogP contribution in [0.5, 0.6) is 5.75 Å². The average molecular weight is 517 g/mol. The molecule has 0 bridgehead atoms. The van der Waals surface area contributed by atoms with Crippen LogP contribution >= 0.6 is 0 Å². The lowest BCUT2D eigenvalue weighted by Crippen LogP contribution is -2.26. The number of fused-ring (bicyclic) bond motifs is 1. The Hall–Kier alpha value is -3.22. The van der Waals surface area contributed by atoms with Crippen LogP contribution in [0.4, 0.5) is 13.2 Å². The van der Waals surface area contributed by atoms with Crippen molar-refractivity contribution in [1.82, 2.24) is 0 Å². The third kappa shape index (κ3) is 8.41. The predicted octanol–water partition coefficient (Wildman–Crippen LogP) is 8.46. The zero-order chi connectivity index (χ0) is 27.0. The van der Waals surface area contributed by atoms with Gasteiger partial charge in [-0.25, -0.2) is 4.79 Å². The van der Waals surface area contributed by atoms with Gasteiger partial charge in [-0.3, -0.25) is 0 Å². The van der Waals surface area contributed by atoms with E-state index in [-0.39, 0.29) is 12.2 Å². The number of esters is 1. The van der Waals surface area contributed by atoms with E-state index in [1.807, 2.05) is 12.1 Å². The Balaban J connectivity index is 1.73. The Bertz CT molecular complexity index is 1210. The number of unbranched alkanes of at least 4 members (excludes halogenated alkanes) is 2. The molecular weight excluding hydrogens is 481 g/mol. The second-order valence-corrected chi connectivity index (χ2v) is 9.49. The van der Waals surface area contributed by atoms with Crippen molar-refractivity contribution >= 4 is 16.9 Å². The molecule has 0 aliphatic heterocycles. The van der Waals surface area contributed by atoms with Gasteiger partial charge in [-0.05, 0) is 55.5 Å². The first-order valence-electron chi connectivity index (χ1n) is 12.8. The molecule has 0 saturated carbocycles. The molecule has 0 radical (unpaired) electrons. The summed E-state index contributed by atoms with van der Waals surface area (Å²) in [5.41, 5.74) is 4.28. The number of furan rings is 1. The Labute approximate surface area is 216 Å². The van der Waals surface area contributed by atoms with Gasteiger partial charge in [0.25, 0.3) is 0 Å². The lowest BCUT2D eigenvalue weighted by atomic mass is 9.97. The van der Waals surface area contributed by atoms with Crippen molar-refractivity contribution in [3.63, 3.8) is 0 Å². The molecule has 1 aromatic heterocycles. The monoisotopic (exact) mass is 516 g/mol. The van der Waals surface area contributed by atoms with E-state index in [1.165, 1.54) is 37.3 Å². The summed E-state index contributed by atoms with van der Waals surface area (Å²) in [7, 11) is 0.